The van der Waals surface area contributed by atoms with Crippen LogP contribution in [0.25, 0.3) is 0 Å². The summed E-state index contributed by atoms with van der Waals surface area (Å²) in [4.78, 5) is 11.7. The molecule has 2 N–H and O–H groups in total. The van der Waals surface area contributed by atoms with Crippen LogP contribution in [0.3, 0.4) is 0 Å². The van der Waals surface area contributed by atoms with Crippen LogP contribution in [0.15, 0.2) is 24.3 Å². The Morgan fingerprint density at radius 2 is 1.59 bits per heavy atom. The molecule has 0 saturated heterocycles. The van der Waals surface area contributed by atoms with Gasteiger partial charge in [-0.2, -0.15) is 0 Å². The van der Waals surface area contributed by atoms with E-state index >= 15 is 0 Å². The van der Waals surface area contributed by atoms with Gasteiger partial charge in [0, 0.05) is 17.8 Å². The highest BCUT2D eigenvalue weighted by molar-refractivity contribution is 5.84. The zero-order valence-electron chi connectivity index (χ0n) is 14.9. The van der Waals surface area contributed by atoms with Crippen molar-refractivity contribution in [3.8, 4) is 0 Å². The molecule has 0 aliphatic heterocycles. The molecule has 124 valence electrons. The second-order valence-electron chi connectivity index (χ2n) is 7.17. The molecule has 0 saturated carbocycles. The summed E-state index contributed by atoms with van der Waals surface area (Å²) < 4.78 is 5.24. The molecular formula is C18H30N2O2. The van der Waals surface area contributed by atoms with Crippen molar-refractivity contribution < 1.29 is 9.53 Å². The van der Waals surface area contributed by atoms with Crippen molar-refractivity contribution >= 4 is 11.8 Å². The van der Waals surface area contributed by atoms with Crippen LogP contribution in [0.1, 0.15) is 60.1 Å². The summed E-state index contributed by atoms with van der Waals surface area (Å²) in [5.74, 6) is 0.593. The third kappa shape index (κ3) is 6.48. The molecule has 1 amide bonds. The van der Waals surface area contributed by atoms with Gasteiger partial charge in [0.25, 0.3) is 0 Å². The van der Waals surface area contributed by atoms with E-state index in [-0.39, 0.29) is 6.04 Å². The maximum atomic E-state index is 11.7. The first-order chi connectivity index (χ1) is 10.1. The van der Waals surface area contributed by atoms with Gasteiger partial charge in [-0.15, -0.1) is 0 Å². The van der Waals surface area contributed by atoms with Crippen LogP contribution in [0.5, 0.6) is 0 Å². The summed E-state index contributed by atoms with van der Waals surface area (Å²) in [7, 11) is 0. The zero-order valence-corrected chi connectivity index (χ0v) is 14.9. The van der Waals surface area contributed by atoms with Crippen molar-refractivity contribution in [2.45, 2.75) is 66.2 Å². The fourth-order valence-corrected chi connectivity index (χ4v) is 1.96. The third-order valence-corrected chi connectivity index (χ3v) is 3.57. The fraction of sp³-hybridized carbons (Fsp3) is 0.611. The number of carbonyl (C=O) groups excluding carboxylic acids is 1. The smallest absolute Gasteiger partial charge is 0.412 e. The van der Waals surface area contributed by atoms with E-state index in [4.69, 9.17) is 4.74 Å². The van der Waals surface area contributed by atoms with Gasteiger partial charge in [0.15, 0.2) is 0 Å². The minimum Gasteiger partial charge on any atom is -0.444 e. The quantitative estimate of drug-likeness (QED) is 0.827. The van der Waals surface area contributed by atoms with Crippen molar-refractivity contribution in [1.29, 1.82) is 0 Å². The molecule has 0 fully saturated rings. The van der Waals surface area contributed by atoms with E-state index in [2.05, 4.69) is 38.3 Å². The highest BCUT2D eigenvalue weighted by Crippen LogP contribution is 2.18. The Morgan fingerprint density at radius 1 is 1.05 bits per heavy atom. The maximum Gasteiger partial charge on any atom is 0.412 e. The Hall–Kier alpha value is -1.55. The number of rotatable bonds is 5. The first-order valence-electron chi connectivity index (χ1n) is 7.94. The molecule has 4 nitrogen and oxygen atoms in total. The molecule has 2 atom stereocenters. The summed E-state index contributed by atoms with van der Waals surface area (Å²) in [5, 5.41) is 6.32. The average molecular weight is 306 g/mol. The molecular weight excluding hydrogens is 276 g/mol. The largest absolute Gasteiger partial charge is 0.444 e. The number of nitrogens with one attached hydrogen (secondary N) is 2. The van der Waals surface area contributed by atoms with E-state index in [9.17, 15) is 4.79 Å². The Bertz CT molecular complexity index is 475. The molecule has 0 heterocycles. The number of amides is 1. The zero-order chi connectivity index (χ0) is 16.9. The topological polar surface area (TPSA) is 50.4 Å². The first-order valence-corrected chi connectivity index (χ1v) is 7.94. The highest BCUT2D eigenvalue weighted by Gasteiger charge is 2.16. The second-order valence-corrected chi connectivity index (χ2v) is 7.17. The van der Waals surface area contributed by atoms with Crippen LogP contribution >= 0.6 is 0 Å². The monoisotopic (exact) mass is 306 g/mol. The molecule has 0 aliphatic rings. The number of benzene rings is 1. The van der Waals surface area contributed by atoms with Crippen molar-refractivity contribution in [3.63, 3.8) is 0 Å². The molecule has 1 aromatic rings. The number of carbonyl (C=O) groups is 1. The standard InChI is InChI=1S/C18H30N2O2/c1-12(2)13(3)19-14(4)15-8-10-16(11-9-15)20-17(21)22-18(5,6)7/h8-14,19H,1-7H3,(H,20,21). The highest BCUT2D eigenvalue weighted by atomic mass is 16.6. The average Bonchev–Trinajstić information content (AvgIpc) is 2.36. The Morgan fingerprint density at radius 3 is 2.05 bits per heavy atom. The van der Waals surface area contributed by atoms with E-state index < -0.39 is 11.7 Å². The van der Waals surface area contributed by atoms with E-state index in [1.165, 1.54) is 5.56 Å². The molecule has 1 aromatic carbocycles. The third-order valence-electron chi connectivity index (χ3n) is 3.57. The van der Waals surface area contributed by atoms with Crippen LogP contribution in [-0.2, 0) is 4.74 Å². The molecule has 0 radical (unpaired) electrons. The van der Waals surface area contributed by atoms with Crippen LogP contribution in [0, 0.1) is 5.92 Å². The molecule has 22 heavy (non-hydrogen) atoms. The Kier molecular flexibility index (Phi) is 6.42. The van der Waals surface area contributed by atoms with Gasteiger partial charge < -0.3 is 10.1 Å². The number of anilines is 1. The summed E-state index contributed by atoms with van der Waals surface area (Å²) in [6, 6.07) is 8.58. The van der Waals surface area contributed by atoms with Crippen molar-refractivity contribution in [2.24, 2.45) is 5.92 Å². The predicted octanol–water partition coefficient (Wildman–Crippen LogP) is 4.73. The summed E-state index contributed by atoms with van der Waals surface area (Å²) in [6.45, 7) is 14.3. The van der Waals surface area contributed by atoms with Gasteiger partial charge in [-0.25, -0.2) is 4.79 Å². The SMILES string of the molecule is CC(NC(C)C(C)C)c1ccc(NC(=O)OC(C)(C)C)cc1. The Balaban J connectivity index is 2.61. The molecule has 2 unspecified atom stereocenters. The van der Waals surface area contributed by atoms with Crippen LogP contribution in [0.2, 0.25) is 0 Å². The van der Waals surface area contributed by atoms with Crippen LogP contribution in [-0.4, -0.2) is 17.7 Å². The molecule has 4 heteroatoms. The van der Waals surface area contributed by atoms with Crippen molar-refractivity contribution in [1.82, 2.24) is 5.32 Å². The van der Waals surface area contributed by atoms with Gasteiger partial charge >= 0.3 is 6.09 Å². The Labute approximate surface area is 134 Å². The second kappa shape index (κ2) is 7.63. The number of ether oxygens (including phenoxy) is 1. The minimum absolute atomic E-state index is 0.271. The fourth-order valence-electron chi connectivity index (χ4n) is 1.96. The summed E-state index contributed by atoms with van der Waals surface area (Å²) in [5.41, 5.74) is 1.44. The van der Waals surface area contributed by atoms with Gasteiger partial charge in [-0.3, -0.25) is 5.32 Å². The van der Waals surface area contributed by atoms with Crippen molar-refractivity contribution in [3.05, 3.63) is 29.8 Å². The first kappa shape index (κ1) is 18.5. The van der Waals surface area contributed by atoms with Gasteiger partial charge in [0.05, 0.1) is 0 Å². The summed E-state index contributed by atoms with van der Waals surface area (Å²) >= 11 is 0. The van der Waals surface area contributed by atoms with E-state index in [1.807, 2.05) is 45.0 Å². The molecule has 0 spiro atoms. The van der Waals surface area contributed by atoms with E-state index in [1.54, 1.807) is 0 Å². The van der Waals surface area contributed by atoms with Gasteiger partial charge in [0.2, 0.25) is 0 Å². The molecule has 0 bridgehead atoms. The van der Waals surface area contributed by atoms with Crippen LogP contribution in [0.4, 0.5) is 10.5 Å². The van der Waals surface area contributed by atoms with Gasteiger partial charge in [-0.1, -0.05) is 26.0 Å². The lowest BCUT2D eigenvalue weighted by Crippen LogP contribution is -2.33. The molecule has 1 rings (SSSR count). The lowest BCUT2D eigenvalue weighted by atomic mass is 10.0. The lowest BCUT2D eigenvalue weighted by molar-refractivity contribution is 0.0636. The van der Waals surface area contributed by atoms with Gasteiger partial charge in [-0.05, 0) is 58.2 Å². The number of hydrogen-bond donors (Lipinski definition) is 2. The molecule has 0 aliphatic carbocycles. The predicted molar refractivity (Wildman–Crippen MR) is 92.1 cm³/mol. The molecule has 0 aromatic heterocycles. The lowest BCUT2D eigenvalue weighted by Gasteiger charge is -2.23. The van der Waals surface area contributed by atoms with Crippen LogP contribution < -0.4 is 10.6 Å². The number of hydrogen-bond acceptors (Lipinski definition) is 3. The van der Waals surface area contributed by atoms with Crippen molar-refractivity contribution in [2.75, 3.05) is 5.32 Å². The maximum absolute atomic E-state index is 11.7. The minimum atomic E-state index is -0.491. The normalized spacial score (nSPS) is 14.5. The summed E-state index contributed by atoms with van der Waals surface area (Å²) in [6.07, 6.45) is -0.431. The van der Waals surface area contributed by atoms with E-state index in [0.717, 1.165) is 5.69 Å². The van der Waals surface area contributed by atoms with E-state index in [0.29, 0.717) is 12.0 Å². The van der Waals surface area contributed by atoms with Gasteiger partial charge in [0.1, 0.15) is 5.60 Å².